The molecule has 0 aliphatic heterocycles. The fraction of sp³-hybridized carbons (Fsp3) is 0.216. The lowest BCUT2D eigenvalue weighted by molar-refractivity contribution is -0.660. The fourth-order valence-electron chi connectivity index (χ4n) is 14.5. The Labute approximate surface area is 616 Å². The Morgan fingerprint density at radius 3 is 1.24 bits per heavy atom. The van der Waals surface area contributed by atoms with Gasteiger partial charge in [0.05, 0.1) is 5.56 Å². The average Bonchev–Trinajstić information content (AvgIpc) is 1.45. The van der Waals surface area contributed by atoms with Gasteiger partial charge in [0, 0.05) is 121 Å². The molecule has 0 radical (unpaired) electrons. The molecule has 0 bridgehead atoms. The largest absolute Gasteiger partial charge is 0.437 e. The first-order valence-corrected chi connectivity index (χ1v) is 36.6. The van der Waals surface area contributed by atoms with Crippen molar-refractivity contribution in [1.82, 2.24) is 4.98 Å². The minimum atomic E-state index is 0.486. The summed E-state index contributed by atoms with van der Waals surface area (Å²) in [5.41, 5.74) is 35.0. The molecule has 0 fully saturated rings. The van der Waals surface area contributed by atoms with Gasteiger partial charge in [-0.05, 0) is 216 Å². The van der Waals surface area contributed by atoms with Gasteiger partial charge in [-0.1, -0.05) is 142 Å². The van der Waals surface area contributed by atoms with Crippen LogP contribution in [0, 0.1) is 69.2 Å². The Kier molecular flexibility index (Phi) is 21.7. The first kappa shape index (κ1) is 72.5. The Morgan fingerprint density at radius 2 is 0.731 bits per heavy atom. The highest BCUT2D eigenvalue weighted by molar-refractivity contribution is 6.09. The van der Waals surface area contributed by atoms with Crippen molar-refractivity contribution < 1.29 is 27.3 Å². The van der Waals surface area contributed by atoms with E-state index in [-0.39, 0.29) is 0 Å². The van der Waals surface area contributed by atoms with Gasteiger partial charge in [-0.25, -0.2) is 9.55 Å². The van der Waals surface area contributed by atoms with Gasteiger partial charge >= 0.3 is 0 Å². The minimum absolute atomic E-state index is 0.486. The van der Waals surface area contributed by atoms with Gasteiger partial charge in [0.25, 0.3) is 0 Å². The van der Waals surface area contributed by atoms with E-state index in [2.05, 4.69) is 402 Å². The van der Waals surface area contributed by atoms with Crippen LogP contribution in [0.4, 0.5) is 0 Å². The molecule has 0 amide bonds. The van der Waals surface area contributed by atoms with E-state index in [0.29, 0.717) is 17.5 Å². The van der Waals surface area contributed by atoms with Crippen LogP contribution in [0.15, 0.2) is 259 Å². The van der Waals surface area contributed by atoms with Gasteiger partial charge in [-0.15, -0.1) is 0 Å². The van der Waals surface area contributed by atoms with Gasteiger partial charge in [-0.3, -0.25) is 0 Å². The SMILES string of the molecule is Cc1cc(C(C)C)cc(-c2ccc3ccccc3[n+]2C)c1C.Cc1cc(C)c(C)c(-c2ccc3ccccc3[n+]2C)c1.Cc1ccc(C)c(-c2ccc3ccccc3[n+]2C)c1.Cc1ccc2c(n1)oc1c(-c3cc(C(C)C)cc[n+]3C)c(C)ccc12.Cc1ccccc1-c1ccc2ccccc2[n+]1C. The third kappa shape index (κ3) is 15.1. The highest BCUT2D eigenvalue weighted by atomic mass is 16.3. The number of hydrogen-bond donors (Lipinski definition) is 0. The second kappa shape index (κ2) is 31.1. The number of rotatable bonds is 7. The van der Waals surface area contributed by atoms with E-state index in [1.54, 1.807) is 0 Å². The van der Waals surface area contributed by atoms with E-state index in [4.69, 9.17) is 4.42 Å². The van der Waals surface area contributed by atoms with Gasteiger partial charge in [0.15, 0.2) is 11.8 Å². The quantitative estimate of drug-likeness (QED) is 0.149. The second-order valence-electron chi connectivity index (χ2n) is 29.1. The molecule has 7 nitrogen and oxygen atoms in total. The molecule has 16 aromatic rings. The van der Waals surface area contributed by atoms with Crippen LogP contribution in [0.25, 0.3) is 122 Å². The van der Waals surface area contributed by atoms with E-state index in [9.17, 15) is 0 Å². The number of pyridine rings is 6. The summed E-state index contributed by atoms with van der Waals surface area (Å²) in [5.74, 6) is 1.03. The summed E-state index contributed by atoms with van der Waals surface area (Å²) in [4.78, 5) is 4.57. The maximum absolute atomic E-state index is 6.23. The Morgan fingerprint density at radius 1 is 0.308 bits per heavy atom. The zero-order chi connectivity index (χ0) is 73.8. The van der Waals surface area contributed by atoms with Crippen molar-refractivity contribution in [2.24, 2.45) is 35.2 Å². The average molecular weight is 1370 g/mol. The number of hydrogen-bond acceptors (Lipinski definition) is 2. The standard InChI is InChI=1S/C22H23N2O.C21H24N.C19H20N.C18H18N.C17H16N/c1-13(2)16-10-11-24(5)19(12-16)20-14(3)6-8-17-18-9-7-15(4)23-22(18)25-21(17)20;1-14(2)18-12-15(3)16(4)19(13-18)21-11-10-17-8-6-7-9-20(17)22(21)5;1-13-11-14(2)15(3)17(12-13)19-10-9-16-7-5-6-8-18(16)20(19)4;1-13-8-9-14(2)16(12-13)18-11-10-15-6-4-5-7-17(15)19(18)3;1-13-7-3-5-9-15(13)17-12-11-14-8-4-6-10-16(14)18(17)2/h6-13H,1-5H3;6-14H,1-5H3;5-12H,1-4H3;4-12H,1-3H3;3-12H,1-2H3/q5*+1. The molecule has 7 aromatic heterocycles. The zero-order valence-corrected chi connectivity index (χ0v) is 64.5. The maximum atomic E-state index is 6.23. The van der Waals surface area contributed by atoms with E-state index < -0.39 is 0 Å². The molecule has 0 aliphatic carbocycles. The van der Waals surface area contributed by atoms with Crippen LogP contribution in [-0.4, -0.2) is 4.98 Å². The Hall–Kier alpha value is -11.3. The van der Waals surface area contributed by atoms with Crippen molar-refractivity contribution in [2.75, 3.05) is 0 Å². The third-order valence-corrected chi connectivity index (χ3v) is 21.1. The number of fused-ring (bicyclic) bond motifs is 7. The van der Waals surface area contributed by atoms with Crippen molar-refractivity contribution in [3.63, 3.8) is 0 Å². The smallest absolute Gasteiger partial charge is 0.227 e. The summed E-state index contributed by atoms with van der Waals surface area (Å²) < 4.78 is 17.5. The number of nitrogens with zero attached hydrogens (tertiary/aromatic N) is 6. The van der Waals surface area contributed by atoms with Crippen molar-refractivity contribution in [2.45, 2.75) is 109 Å². The highest BCUT2D eigenvalue weighted by Gasteiger charge is 2.24. The van der Waals surface area contributed by atoms with Gasteiger partial charge in [0.1, 0.15) is 35.2 Å². The Balaban J connectivity index is 0.000000123. The summed E-state index contributed by atoms with van der Waals surface area (Å²) in [6.45, 7) is 30.6. The topological polar surface area (TPSA) is 45.4 Å². The van der Waals surface area contributed by atoms with E-state index in [0.717, 1.165) is 27.6 Å². The highest BCUT2D eigenvalue weighted by Crippen LogP contribution is 2.38. The molecular weight excluding hydrogens is 1270 g/mol. The first-order chi connectivity index (χ1) is 49.9. The van der Waals surface area contributed by atoms with Crippen molar-refractivity contribution in [1.29, 1.82) is 0 Å². The summed E-state index contributed by atoms with van der Waals surface area (Å²) in [6, 6.07) is 89.0. The van der Waals surface area contributed by atoms with E-state index in [1.165, 1.54) is 156 Å². The summed E-state index contributed by atoms with van der Waals surface area (Å²) >= 11 is 0. The lowest BCUT2D eigenvalue weighted by Gasteiger charge is -2.13. The molecule has 16 rings (SSSR count). The molecule has 0 aliphatic rings. The minimum Gasteiger partial charge on any atom is -0.437 e. The number of para-hydroxylation sites is 4. The predicted octanol–water partition coefficient (Wildman–Crippen LogP) is 22.1. The van der Waals surface area contributed by atoms with Gasteiger partial charge < -0.3 is 4.42 Å². The lowest BCUT2D eigenvalue weighted by atomic mass is 9.92. The molecular formula is C97H101N6O+5. The normalized spacial score (nSPS) is 11.2. The molecule has 0 unspecified atom stereocenters. The van der Waals surface area contributed by atoms with Crippen LogP contribution in [-0.2, 0) is 35.2 Å². The summed E-state index contributed by atoms with van der Waals surface area (Å²) in [6.07, 6.45) is 2.13. The molecule has 0 N–H and O–H groups in total. The van der Waals surface area contributed by atoms with Crippen molar-refractivity contribution >= 4 is 65.7 Å². The summed E-state index contributed by atoms with van der Waals surface area (Å²) in [7, 11) is 10.7. The van der Waals surface area contributed by atoms with Crippen LogP contribution in [0.2, 0.25) is 0 Å². The second-order valence-corrected chi connectivity index (χ2v) is 29.1. The van der Waals surface area contributed by atoms with Gasteiger partial charge in [-0.2, -0.15) is 18.3 Å². The predicted molar refractivity (Wildman–Crippen MR) is 436 cm³/mol. The number of furan rings is 1. The van der Waals surface area contributed by atoms with Crippen molar-refractivity contribution in [3.05, 3.63) is 322 Å². The number of aromatic nitrogens is 6. The monoisotopic (exact) mass is 1370 g/mol. The van der Waals surface area contributed by atoms with E-state index in [1.807, 2.05) is 13.0 Å². The van der Waals surface area contributed by atoms with Crippen LogP contribution in [0.3, 0.4) is 0 Å². The molecule has 0 saturated carbocycles. The molecule has 0 saturated heterocycles. The number of aryl methyl sites for hydroxylation is 13. The first-order valence-electron chi connectivity index (χ1n) is 36.6. The summed E-state index contributed by atoms with van der Waals surface area (Å²) in [5, 5.41) is 7.31. The van der Waals surface area contributed by atoms with Crippen LogP contribution in [0.5, 0.6) is 0 Å². The molecule has 104 heavy (non-hydrogen) atoms. The van der Waals surface area contributed by atoms with Crippen molar-refractivity contribution in [3.8, 4) is 56.3 Å². The lowest BCUT2D eigenvalue weighted by Crippen LogP contribution is -2.32. The molecule has 520 valence electrons. The molecule has 9 aromatic carbocycles. The third-order valence-electron chi connectivity index (χ3n) is 21.1. The molecule has 7 heterocycles. The molecule has 0 spiro atoms. The zero-order valence-electron chi connectivity index (χ0n) is 64.5. The molecule has 0 atom stereocenters. The van der Waals surface area contributed by atoms with Crippen LogP contribution >= 0.6 is 0 Å². The van der Waals surface area contributed by atoms with Gasteiger partial charge in [0.2, 0.25) is 56.2 Å². The van der Waals surface area contributed by atoms with E-state index >= 15 is 0 Å². The fourth-order valence-corrected chi connectivity index (χ4v) is 14.5. The molecule has 7 heteroatoms. The van der Waals surface area contributed by atoms with Crippen LogP contribution < -0.4 is 22.8 Å². The maximum Gasteiger partial charge on any atom is 0.227 e. The van der Waals surface area contributed by atoms with Crippen LogP contribution in [0.1, 0.15) is 106 Å². The number of benzene rings is 9. The Bertz CT molecular complexity index is 5890.